The van der Waals surface area contributed by atoms with E-state index in [2.05, 4.69) is 0 Å². The van der Waals surface area contributed by atoms with E-state index >= 15 is 0 Å². The fourth-order valence-corrected chi connectivity index (χ4v) is 0. The molecule has 0 amide bonds. The molecule has 77 valence electrons. The van der Waals surface area contributed by atoms with Crippen LogP contribution >= 0.6 is 15.6 Å². The zero-order valence-electron chi connectivity index (χ0n) is 5.59. The summed E-state index contributed by atoms with van der Waals surface area (Å²) < 4.78 is 17.3. The molecule has 0 heterocycles. The van der Waals surface area contributed by atoms with Crippen molar-refractivity contribution >= 4 is 15.6 Å². The molecular weight excluding hydrogens is 260 g/mol. The van der Waals surface area contributed by atoms with Gasteiger partial charge in [-0.2, -0.15) is 0 Å². The summed E-state index contributed by atoms with van der Waals surface area (Å²) in [6.45, 7) is 0. The van der Waals surface area contributed by atoms with Crippen LogP contribution in [0, 0.1) is 0 Å². The molecule has 0 spiro atoms. The maximum Gasteiger partial charge on any atom is 3.00 e. The van der Waals surface area contributed by atoms with Crippen LogP contribution in [-0.2, 0) is 26.2 Å². The Morgan fingerprint density at radius 1 is 0.833 bits per heavy atom. The van der Waals surface area contributed by atoms with Gasteiger partial charge in [-0.1, -0.05) is 0 Å². The molecule has 0 rings (SSSR count). The van der Waals surface area contributed by atoms with Crippen molar-refractivity contribution in [2.45, 2.75) is 0 Å². The van der Waals surface area contributed by atoms with Gasteiger partial charge in [0, 0.05) is 0 Å². The Morgan fingerprint density at radius 2 is 0.833 bits per heavy atom. The molecule has 1 radical (unpaired) electrons. The average molecular weight is 266 g/mol. The molecule has 0 aliphatic heterocycles. The maximum atomic E-state index is 8.66. The van der Waals surface area contributed by atoms with E-state index in [1.54, 1.807) is 0 Å². The molecule has 6 N–H and O–H groups in total. The molecule has 0 aromatic rings. The van der Waals surface area contributed by atoms with Gasteiger partial charge < -0.3 is 44.6 Å². The van der Waals surface area contributed by atoms with E-state index in [1.165, 1.54) is 0 Å². The van der Waals surface area contributed by atoms with Gasteiger partial charge in [0.2, 0.25) is 0 Å². The first-order valence-electron chi connectivity index (χ1n) is 1.50. The van der Waals surface area contributed by atoms with Crippen molar-refractivity contribution in [3.05, 3.63) is 0 Å². The summed E-state index contributed by atoms with van der Waals surface area (Å²) in [6.07, 6.45) is 0. The van der Waals surface area contributed by atoms with Crippen LogP contribution in [0.2, 0.25) is 0 Å². The fourth-order valence-electron chi connectivity index (χ4n) is 0. The van der Waals surface area contributed by atoms with E-state index in [0.717, 1.165) is 0 Å². The first kappa shape index (κ1) is 23.0. The van der Waals surface area contributed by atoms with Gasteiger partial charge in [0.15, 0.2) is 0 Å². The predicted molar refractivity (Wildman–Crippen MR) is 25.6 cm³/mol. The van der Waals surface area contributed by atoms with Crippen LogP contribution in [0.1, 0.15) is 0 Å². The van der Waals surface area contributed by atoms with Crippen LogP contribution in [0.25, 0.3) is 0 Å². The number of phosphoric acid groups is 2. The third kappa shape index (κ3) is 2060. The standard InChI is InChI=1S/Fe.H3N.2H3O4P/c;;2*1-5(2,3)4/h;1H3;2*(H3,1,2,3,4)/q+3;;;/p-3. The van der Waals surface area contributed by atoms with Crippen molar-refractivity contribution in [3.63, 3.8) is 0 Å². The van der Waals surface area contributed by atoms with Gasteiger partial charge in [0.25, 0.3) is 0 Å². The van der Waals surface area contributed by atoms with Crippen molar-refractivity contribution in [1.82, 2.24) is 6.15 Å². The van der Waals surface area contributed by atoms with Crippen molar-refractivity contribution in [3.8, 4) is 0 Å². The molecule has 0 atom stereocenters. The SMILES string of the molecule is O=P([O-])([O-])O.O=P([O-])([O-])O.[Fe+3].[NH4+]. The van der Waals surface area contributed by atoms with E-state index in [4.69, 9.17) is 38.5 Å². The Bertz CT molecular complexity index is 129. The third-order valence-electron chi connectivity index (χ3n) is 0. The Kier molecular flexibility index (Phi) is 15.9. The molecule has 0 unspecified atom stereocenters. The maximum absolute atomic E-state index is 8.66. The Balaban J connectivity index is -0.0000000457. The largest absolute Gasteiger partial charge is 3.00 e. The summed E-state index contributed by atoms with van der Waals surface area (Å²) in [5.41, 5.74) is 0. The number of rotatable bonds is 0. The van der Waals surface area contributed by atoms with Crippen LogP contribution in [0.15, 0.2) is 0 Å². The van der Waals surface area contributed by atoms with Crippen LogP contribution in [0.5, 0.6) is 0 Å². The van der Waals surface area contributed by atoms with E-state index in [0.29, 0.717) is 0 Å². The molecular formula is H6FeNO8P2. The van der Waals surface area contributed by atoms with Gasteiger partial charge in [0.1, 0.15) is 0 Å². The summed E-state index contributed by atoms with van der Waals surface area (Å²) in [7, 11) is -10.3. The molecule has 0 aliphatic carbocycles. The van der Waals surface area contributed by atoms with Gasteiger partial charge >= 0.3 is 17.1 Å². The molecule has 0 aromatic heterocycles. The molecule has 0 aliphatic rings. The molecule has 0 bridgehead atoms. The minimum absolute atomic E-state index is 0. The van der Waals surface area contributed by atoms with Crippen molar-refractivity contribution in [2.75, 3.05) is 0 Å². The first-order valence-corrected chi connectivity index (χ1v) is 4.49. The average Bonchev–Trinajstić information content (AvgIpc) is 1.12. The molecule has 0 aromatic carbocycles. The minimum atomic E-state index is -5.14. The number of hydrogen-bond donors (Lipinski definition) is 3. The van der Waals surface area contributed by atoms with Crippen LogP contribution < -0.4 is 25.7 Å². The van der Waals surface area contributed by atoms with E-state index in [-0.39, 0.29) is 23.2 Å². The van der Waals surface area contributed by atoms with Crippen LogP contribution in [0.4, 0.5) is 0 Å². The van der Waals surface area contributed by atoms with Crippen LogP contribution in [-0.4, -0.2) is 9.79 Å². The van der Waals surface area contributed by atoms with Gasteiger partial charge in [-0.15, -0.1) is 0 Å². The van der Waals surface area contributed by atoms with E-state index in [1.807, 2.05) is 0 Å². The second kappa shape index (κ2) is 8.30. The topological polar surface area (TPSA) is 203 Å². The van der Waals surface area contributed by atoms with Crippen LogP contribution in [0.3, 0.4) is 0 Å². The zero-order chi connectivity index (χ0) is 9.00. The molecule has 0 saturated heterocycles. The number of quaternary nitrogens is 1. The first-order chi connectivity index (χ1) is 4.00. The smallest absolute Gasteiger partial charge is 0.790 e. The Labute approximate surface area is 78.0 Å². The monoisotopic (exact) mass is 266 g/mol. The molecule has 9 nitrogen and oxygen atoms in total. The zero-order valence-corrected chi connectivity index (χ0v) is 8.48. The van der Waals surface area contributed by atoms with Gasteiger partial charge in [-0.25, -0.2) is 0 Å². The van der Waals surface area contributed by atoms with E-state index < -0.39 is 15.6 Å². The molecule has 0 saturated carbocycles. The summed E-state index contributed by atoms with van der Waals surface area (Å²) in [5, 5.41) is 0. The normalized spacial score (nSPS) is 9.83. The second-order valence-electron chi connectivity index (χ2n) is 0.937. The van der Waals surface area contributed by atoms with Gasteiger partial charge in [0.05, 0.1) is 15.6 Å². The van der Waals surface area contributed by atoms with Crippen molar-refractivity contribution in [2.24, 2.45) is 0 Å². The Morgan fingerprint density at radius 3 is 0.833 bits per heavy atom. The second-order valence-corrected chi connectivity index (χ2v) is 2.81. The third-order valence-corrected chi connectivity index (χ3v) is 0. The summed E-state index contributed by atoms with van der Waals surface area (Å²) in [4.78, 5) is 48.6. The summed E-state index contributed by atoms with van der Waals surface area (Å²) in [5.74, 6) is 0. The van der Waals surface area contributed by atoms with Gasteiger partial charge in [-0.3, -0.25) is 0 Å². The Hall–Kier alpha value is 0.699. The minimum Gasteiger partial charge on any atom is -0.790 e. The summed E-state index contributed by atoms with van der Waals surface area (Å²) >= 11 is 0. The molecule has 12 heavy (non-hydrogen) atoms. The quantitative estimate of drug-likeness (QED) is 0.290. The molecule has 12 heteroatoms. The number of hydrogen-bond acceptors (Lipinski definition) is 6. The summed E-state index contributed by atoms with van der Waals surface area (Å²) in [6, 6.07) is 0. The van der Waals surface area contributed by atoms with E-state index in [9.17, 15) is 0 Å². The van der Waals surface area contributed by atoms with Crippen molar-refractivity contribution < 1.29 is 55.6 Å². The fraction of sp³-hybridized carbons (Fsp3) is 0. The predicted octanol–water partition coefficient (Wildman–Crippen LogP) is -4.01. The molecule has 0 fully saturated rings. The van der Waals surface area contributed by atoms with Crippen molar-refractivity contribution in [1.29, 1.82) is 0 Å². The van der Waals surface area contributed by atoms with Gasteiger partial charge in [-0.05, 0) is 0 Å².